The van der Waals surface area contributed by atoms with Crippen molar-refractivity contribution < 1.29 is 14.7 Å². The first-order chi connectivity index (χ1) is 12.6. The second kappa shape index (κ2) is 8.27. The SMILES string of the molecule is O=C(NCc1ccccc1)C(=O)NCC(O)(c1ccsc1)c1cccs1. The van der Waals surface area contributed by atoms with Gasteiger partial charge in [0.15, 0.2) is 0 Å². The number of carbonyl (C=O) groups excluding carboxylic acids is 2. The molecule has 1 aromatic carbocycles. The molecule has 0 aliphatic rings. The van der Waals surface area contributed by atoms with Gasteiger partial charge in [-0.25, -0.2) is 0 Å². The molecular formula is C19H18N2O3S2. The molecule has 0 aliphatic heterocycles. The number of rotatable bonds is 6. The van der Waals surface area contributed by atoms with Gasteiger partial charge >= 0.3 is 11.8 Å². The monoisotopic (exact) mass is 386 g/mol. The Morgan fingerprint density at radius 1 is 0.962 bits per heavy atom. The van der Waals surface area contributed by atoms with Crippen LogP contribution in [0.1, 0.15) is 16.0 Å². The summed E-state index contributed by atoms with van der Waals surface area (Å²) in [4.78, 5) is 24.8. The summed E-state index contributed by atoms with van der Waals surface area (Å²) in [5.74, 6) is -1.50. The fourth-order valence-corrected chi connectivity index (χ4v) is 4.06. The van der Waals surface area contributed by atoms with E-state index in [1.54, 1.807) is 0 Å². The van der Waals surface area contributed by atoms with Crippen LogP contribution in [0.5, 0.6) is 0 Å². The molecule has 0 saturated heterocycles. The van der Waals surface area contributed by atoms with Gasteiger partial charge < -0.3 is 15.7 Å². The average molecular weight is 386 g/mol. The molecule has 3 rings (SSSR count). The van der Waals surface area contributed by atoms with E-state index in [0.717, 1.165) is 5.56 Å². The maximum Gasteiger partial charge on any atom is 0.309 e. The summed E-state index contributed by atoms with van der Waals surface area (Å²) in [6.45, 7) is 0.189. The van der Waals surface area contributed by atoms with Crippen LogP contribution in [0.3, 0.4) is 0 Å². The fourth-order valence-electron chi connectivity index (χ4n) is 2.49. The van der Waals surface area contributed by atoms with Crippen LogP contribution in [-0.4, -0.2) is 23.5 Å². The Morgan fingerprint density at radius 3 is 2.38 bits per heavy atom. The molecule has 134 valence electrons. The van der Waals surface area contributed by atoms with Crippen LogP contribution in [0.2, 0.25) is 0 Å². The highest BCUT2D eigenvalue weighted by atomic mass is 32.1. The van der Waals surface area contributed by atoms with E-state index in [2.05, 4.69) is 10.6 Å². The van der Waals surface area contributed by atoms with Crippen molar-refractivity contribution in [1.82, 2.24) is 10.6 Å². The number of aliphatic hydroxyl groups is 1. The molecule has 7 heteroatoms. The van der Waals surface area contributed by atoms with E-state index in [9.17, 15) is 14.7 Å². The van der Waals surface area contributed by atoms with Gasteiger partial charge in [-0.3, -0.25) is 9.59 Å². The minimum atomic E-state index is -1.36. The second-order valence-corrected chi connectivity index (χ2v) is 7.43. The zero-order valence-electron chi connectivity index (χ0n) is 13.8. The van der Waals surface area contributed by atoms with Crippen molar-refractivity contribution in [1.29, 1.82) is 0 Å². The second-order valence-electron chi connectivity index (χ2n) is 5.70. The molecule has 26 heavy (non-hydrogen) atoms. The summed E-state index contributed by atoms with van der Waals surface area (Å²) in [7, 11) is 0. The fraction of sp³-hybridized carbons (Fsp3) is 0.158. The van der Waals surface area contributed by atoms with Crippen molar-refractivity contribution in [3.63, 3.8) is 0 Å². The standard InChI is InChI=1S/C19H18N2O3S2/c22-17(20-11-14-5-2-1-3-6-14)18(23)21-13-19(24,15-8-10-25-12-15)16-7-4-9-26-16/h1-10,12,24H,11,13H2,(H,20,22)(H,21,23). The third-order valence-electron chi connectivity index (χ3n) is 3.93. The molecular weight excluding hydrogens is 368 g/mol. The van der Waals surface area contributed by atoms with Crippen molar-refractivity contribution in [2.24, 2.45) is 0 Å². The third kappa shape index (κ3) is 4.19. The molecule has 5 nitrogen and oxygen atoms in total. The largest absolute Gasteiger partial charge is 0.378 e. The van der Waals surface area contributed by atoms with Crippen LogP contribution >= 0.6 is 22.7 Å². The Labute approximate surface area is 159 Å². The van der Waals surface area contributed by atoms with Gasteiger partial charge in [-0.1, -0.05) is 36.4 Å². The molecule has 0 fully saturated rings. The Morgan fingerprint density at radius 2 is 1.73 bits per heavy atom. The van der Waals surface area contributed by atoms with Crippen LogP contribution in [-0.2, 0) is 21.7 Å². The molecule has 3 N–H and O–H groups in total. The lowest BCUT2D eigenvalue weighted by atomic mass is 9.94. The van der Waals surface area contributed by atoms with Crippen LogP contribution in [0.15, 0.2) is 64.7 Å². The van der Waals surface area contributed by atoms with Crippen molar-refractivity contribution in [3.8, 4) is 0 Å². The lowest BCUT2D eigenvalue weighted by molar-refractivity contribution is -0.139. The minimum Gasteiger partial charge on any atom is -0.378 e. The van der Waals surface area contributed by atoms with Crippen LogP contribution in [0.4, 0.5) is 0 Å². The number of nitrogens with one attached hydrogen (secondary N) is 2. The molecule has 1 unspecified atom stereocenters. The molecule has 2 amide bonds. The van der Waals surface area contributed by atoms with E-state index in [4.69, 9.17) is 0 Å². The normalized spacial score (nSPS) is 13.0. The molecule has 1 atom stereocenters. The molecule has 0 spiro atoms. The quantitative estimate of drug-likeness (QED) is 0.570. The molecule has 0 bridgehead atoms. The predicted molar refractivity (Wildman–Crippen MR) is 103 cm³/mol. The van der Waals surface area contributed by atoms with Gasteiger partial charge in [-0.15, -0.1) is 11.3 Å². The number of benzene rings is 1. The Balaban J connectivity index is 1.62. The molecule has 0 radical (unpaired) electrons. The van der Waals surface area contributed by atoms with E-state index < -0.39 is 17.4 Å². The summed E-state index contributed by atoms with van der Waals surface area (Å²) in [5, 5.41) is 21.8. The highest BCUT2D eigenvalue weighted by Crippen LogP contribution is 2.33. The van der Waals surface area contributed by atoms with E-state index in [1.807, 2.05) is 64.7 Å². The average Bonchev–Trinajstić information content (AvgIpc) is 3.39. The van der Waals surface area contributed by atoms with Gasteiger partial charge in [0.25, 0.3) is 0 Å². The topological polar surface area (TPSA) is 78.4 Å². The highest BCUT2D eigenvalue weighted by molar-refractivity contribution is 7.10. The number of hydrogen-bond donors (Lipinski definition) is 3. The van der Waals surface area contributed by atoms with Crippen LogP contribution in [0.25, 0.3) is 0 Å². The van der Waals surface area contributed by atoms with E-state index in [0.29, 0.717) is 10.4 Å². The first-order valence-electron chi connectivity index (χ1n) is 7.98. The number of carbonyl (C=O) groups is 2. The zero-order chi connectivity index (χ0) is 18.4. The molecule has 0 saturated carbocycles. The van der Waals surface area contributed by atoms with Crippen molar-refractivity contribution in [2.75, 3.05) is 6.54 Å². The minimum absolute atomic E-state index is 0.0815. The summed E-state index contributed by atoms with van der Waals surface area (Å²) in [5.41, 5.74) is 0.237. The maximum absolute atomic E-state index is 12.1. The zero-order valence-corrected chi connectivity index (χ0v) is 15.5. The van der Waals surface area contributed by atoms with E-state index >= 15 is 0 Å². The summed E-state index contributed by atoms with van der Waals surface area (Å²) in [6.07, 6.45) is 0. The number of hydrogen-bond acceptors (Lipinski definition) is 5. The summed E-state index contributed by atoms with van der Waals surface area (Å²) in [6, 6.07) is 14.8. The van der Waals surface area contributed by atoms with Gasteiger partial charge in [0.05, 0.1) is 6.54 Å². The first-order valence-corrected chi connectivity index (χ1v) is 9.81. The predicted octanol–water partition coefficient (Wildman–Crippen LogP) is 2.48. The molecule has 2 aromatic heterocycles. The van der Waals surface area contributed by atoms with E-state index in [-0.39, 0.29) is 13.1 Å². The summed E-state index contributed by atoms with van der Waals surface area (Å²) >= 11 is 2.86. The van der Waals surface area contributed by atoms with Gasteiger partial charge in [-0.2, -0.15) is 11.3 Å². The lowest BCUT2D eigenvalue weighted by Crippen LogP contribution is -2.46. The van der Waals surface area contributed by atoms with Crippen molar-refractivity contribution in [2.45, 2.75) is 12.1 Å². The Kier molecular flexibility index (Phi) is 5.82. The van der Waals surface area contributed by atoms with Crippen LogP contribution < -0.4 is 10.6 Å². The number of amides is 2. The third-order valence-corrected chi connectivity index (χ3v) is 5.64. The highest BCUT2D eigenvalue weighted by Gasteiger charge is 2.34. The first kappa shape index (κ1) is 18.3. The van der Waals surface area contributed by atoms with Gasteiger partial charge in [0.1, 0.15) is 5.60 Å². The Hall–Kier alpha value is -2.48. The molecule has 3 aromatic rings. The van der Waals surface area contributed by atoms with Crippen LogP contribution in [0, 0.1) is 0 Å². The molecule has 0 aliphatic carbocycles. The van der Waals surface area contributed by atoms with Crippen molar-refractivity contribution in [3.05, 3.63) is 80.7 Å². The van der Waals surface area contributed by atoms with E-state index in [1.165, 1.54) is 22.7 Å². The smallest absolute Gasteiger partial charge is 0.309 e. The van der Waals surface area contributed by atoms with Crippen molar-refractivity contribution >= 4 is 34.5 Å². The molecule has 2 heterocycles. The van der Waals surface area contributed by atoms with Gasteiger partial charge in [0.2, 0.25) is 0 Å². The summed E-state index contributed by atoms with van der Waals surface area (Å²) < 4.78 is 0. The lowest BCUT2D eigenvalue weighted by Gasteiger charge is -2.26. The Bertz CT molecular complexity index is 812. The van der Waals surface area contributed by atoms with Gasteiger partial charge in [0, 0.05) is 17.0 Å². The number of thiophene rings is 2. The maximum atomic E-state index is 12.1. The van der Waals surface area contributed by atoms with Gasteiger partial charge in [-0.05, 0) is 33.8 Å².